The van der Waals surface area contributed by atoms with E-state index in [4.69, 9.17) is 0 Å². The summed E-state index contributed by atoms with van der Waals surface area (Å²) in [6, 6.07) is 13.6. The lowest BCUT2D eigenvalue weighted by atomic mass is 10.1. The maximum atomic E-state index is 12.0. The molecule has 0 radical (unpaired) electrons. The highest BCUT2D eigenvalue weighted by Crippen LogP contribution is 2.08. The number of aryl methyl sites for hydroxylation is 2. The number of sulfone groups is 1. The Morgan fingerprint density at radius 3 is 1.32 bits per heavy atom. The van der Waals surface area contributed by atoms with E-state index < -0.39 is 21.4 Å². The summed E-state index contributed by atoms with van der Waals surface area (Å²) in [5.41, 5.74) is 2.81. The molecule has 0 bridgehead atoms. The molecule has 0 aliphatic rings. The Bertz CT molecular complexity index is 859. The minimum absolute atomic E-state index is 0.400. The molecule has 0 saturated carbocycles. The van der Waals surface area contributed by atoms with Crippen LogP contribution in [0.1, 0.15) is 31.8 Å². The summed E-state index contributed by atoms with van der Waals surface area (Å²) >= 11 is 0. The van der Waals surface area contributed by atoms with E-state index in [1.807, 2.05) is 13.8 Å². The average molecular weight is 354 g/mol. The summed E-state index contributed by atoms with van der Waals surface area (Å²) in [7, 11) is -3.81. The lowest BCUT2D eigenvalue weighted by Gasteiger charge is -1.97. The van der Waals surface area contributed by atoms with Gasteiger partial charge in [0.2, 0.25) is 0 Å². The Labute approximate surface area is 147 Å². The first-order valence-electron chi connectivity index (χ1n) is 7.60. The molecule has 25 heavy (non-hydrogen) atoms. The maximum absolute atomic E-state index is 12.0. The molecule has 5 heteroatoms. The third-order valence-electron chi connectivity index (χ3n) is 3.49. The van der Waals surface area contributed by atoms with Crippen molar-refractivity contribution in [3.8, 4) is 0 Å². The van der Waals surface area contributed by atoms with E-state index in [0.717, 1.165) is 34.1 Å². The zero-order chi connectivity index (χ0) is 18.4. The summed E-state index contributed by atoms with van der Waals surface area (Å²) in [6.45, 7) is 3.79. The Kier molecular flexibility index (Phi) is 5.83. The second-order valence-corrected chi connectivity index (χ2v) is 7.38. The van der Waals surface area contributed by atoms with E-state index in [9.17, 15) is 18.0 Å². The first-order chi connectivity index (χ1) is 11.8. The number of allylic oxidation sites excluding steroid dienone is 2. The van der Waals surface area contributed by atoms with Gasteiger partial charge in [0.05, 0.1) is 0 Å². The molecule has 0 aliphatic heterocycles. The van der Waals surface area contributed by atoms with Crippen LogP contribution in [0.3, 0.4) is 0 Å². The highest BCUT2D eigenvalue weighted by molar-refractivity contribution is 7.97. The number of ketones is 2. The standard InChI is InChI=1S/C20H18O4S/c1-15-3-7-17(8-4-15)19(21)11-13-25(23,24)14-12-20(22)18-9-5-16(2)6-10-18/h3-14H,1-2H3/b13-11+,14-12+. The average Bonchev–Trinajstić information content (AvgIpc) is 2.59. The first kappa shape index (κ1) is 18.5. The predicted molar refractivity (Wildman–Crippen MR) is 98.2 cm³/mol. The van der Waals surface area contributed by atoms with E-state index in [1.54, 1.807) is 48.5 Å². The van der Waals surface area contributed by atoms with Crippen molar-refractivity contribution < 1.29 is 18.0 Å². The van der Waals surface area contributed by atoms with Crippen LogP contribution in [0, 0.1) is 13.8 Å². The Balaban J connectivity index is 2.07. The molecule has 0 aromatic heterocycles. The van der Waals surface area contributed by atoms with E-state index in [0.29, 0.717) is 11.1 Å². The van der Waals surface area contributed by atoms with Crippen molar-refractivity contribution in [1.29, 1.82) is 0 Å². The van der Waals surface area contributed by atoms with E-state index in [-0.39, 0.29) is 0 Å². The van der Waals surface area contributed by atoms with Gasteiger partial charge in [-0.1, -0.05) is 59.7 Å². The summed E-state index contributed by atoms with van der Waals surface area (Å²) < 4.78 is 23.9. The summed E-state index contributed by atoms with van der Waals surface area (Å²) in [5, 5.41) is 1.60. The first-order valence-corrected chi connectivity index (χ1v) is 9.21. The van der Waals surface area contributed by atoms with Crippen molar-refractivity contribution >= 4 is 21.4 Å². The Morgan fingerprint density at radius 2 is 1.00 bits per heavy atom. The molecule has 0 heterocycles. The van der Waals surface area contributed by atoms with Crippen LogP contribution in [0.25, 0.3) is 0 Å². The number of benzene rings is 2. The van der Waals surface area contributed by atoms with Crippen LogP contribution in [-0.4, -0.2) is 20.0 Å². The smallest absolute Gasteiger partial charge is 0.193 e. The third kappa shape index (κ3) is 5.65. The van der Waals surface area contributed by atoms with Crippen LogP contribution < -0.4 is 0 Å². The lowest BCUT2D eigenvalue weighted by molar-refractivity contribution is 0.103. The van der Waals surface area contributed by atoms with Gasteiger partial charge in [-0.15, -0.1) is 0 Å². The van der Waals surface area contributed by atoms with Gasteiger partial charge in [-0.05, 0) is 26.0 Å². The number of rotatable bonds is 6. The van der Waals surface area contributed by atoms with Gasteiger partial charge in [0, 0.05) is 21.9 Å². The summed E-state index contributed by atoms with van der Waals surface area (Å²) in [5.74, 6) is -0.830. The Morgan fingerprint density at radius 1 is 0.680 bits per heavy atom. The van der Waals surface area contributed by atoms with E-state index >= 15 is 0 Å². The topological polar surface area (TPSA) is 68.3 Å². The second-order valence-electron chi connectivity index (χ2n) is 5.66. The molecule has 0 fully saturated rings. The monoisotopic (exact) mass is 354 g/mol. The Hall–Kier alpha value is -2.79. The number of hydrogen-bond donors (Lipinski definition) is 0. The lowest BCUT2D eigenvalue weighted by Crippen LogP contribution is -1.98. The number of carbonyl (C=O) groups excluding carboxylic acids is 2. The van der Waals surface area contributed by atoms with Gasteiger partial charge < -0.3 is 0 Å². The van der Waals surface area contributed by atoms with Crippen molar-refractivity contribution in [1.82, 2.24) is 0 Å². The SMILES string of the molecule is Cc1ccc(C(=O)/C=C/S(=O)(=O)/C=C/C(=O)c2ccc(C)cc2)cc1. The fraction of sp³-hybridized carbons (Fsp3) is 0.100. The molecule has 0 atom stereocenters. The molecule has 0 saturated heterocycles. The molecule has 2 rings (SSSR count). The number of hydrogen-bond acceptors (Lipinski definition) is 4. The van der Waals surface area contributed by atoms with Gasteiger partial charge in [-0.3, -0.25) is 9.59 Å². The fourth-order valence-electron chi connectivity index (χ4n) is 1.99. The molecule has 0 aliphatic carbocycles. The van der Waals surface area contributed by atoms with Crippen LogP contribution in [0.5, 0.6) is 0 Å². The van der Waals surface area contributed by atoms with Crippen LogP contribution in [0.2, 0.25) is 0 Å². The number of carbonyl (C=O) groups is 2. The van der Waals surface area contributed by atoms with Crippen molar-refractivity contribution in [2.75, 3.05) is 0 Å². The van der Waals surface area contributed by atoms with Gasteiger partial charge in [-0.25, -0.2) is 8.42 Å². The molecular formula is C20H18O4S. The molecular weight excluding hydrogens is 336 g/mol. The van der Waals surface area contributed by atoms with Gasteiger partial charge in [0.25, 0.3) is 0 Å². The van der Waals surface area contributed by atoms with Crippen LogP contribution >= 0.6 is 0 Å². The van der Waals surface area contributed by atoms with Crippen LogP contribution in [0.4, 0.5) is 0 Å². The molecule has 2 aromatic carbocycles. The van der Waals surface area contributed by atoms with Gasteiger partial charge in [0.1, 0.15) is 0 Å². The molecule has 0 amide bonds. The molecule has 0 unspecified atom stereocenters. The van der Waals surface area contributed by atoms with Gasteiger partial charge >= 0.3 is 0 Å². The van der Waals surface area contributed by atoms with E-state index in [2.05, 4.69) is 0 Å². The molecule has 0 N–H and O–H groups in total. The van der Waals surface area contributed by atoms with Crippen molar-refractivity contribution in [3.05, 3.63) is 93.8 Å². The molecule has 2 aromatic rings. The molecule has 4 nitrogen and oxygen atoms in total. The fourth-order valence-corrected chi connectivity index (χ4v) is 2.70. The minimum atomic E-state index is -3.81. The predicted octanol–water partition coefficient (Wildman–Crippen LogP) is 3.81. The summed E-state index contributed by atoms with van der Waals surface area (Å²) in [4.78, 5) is 23.9. The highest BCUT2D eigenvalue weighted by atomic mass is 32.2. The highest BCUT2D eigenvalue weighted by Gasteiger charge is 2.07. The normalized spacial score (nSPS) is 11.9. The van der Waals surface area contributed by atoms with Gasteiger partial charge in [0.15, 0.2) is 21.4 Å². The summed E-state index contributed by atoms with van der Waals surface area (Å²) in [6.07, 6.45) is 1.97. The zero-order valence-corrected chi connectivity index (χ0v) is 14.8. The van der Waals surface area contributed by atoms with Crippen LogP contribution in [-0.2, 0) is 9.84 Å². The second kappa shape index (κ2) is 7.85. The van der Waals surface area contributed by atoms with Gasteiger partial charge in [-0.2, -0.15) is 0 Å². The van der Waals surface area contributed by atoms with Crippen molar-refractivity contribution in [2.45, 2.75) is 13.8 Å². The van der Waals surface area contributed by atoms with E-state index in [1.165, 1.54) is 0 Å². The molecule has 0 spiro atoms. The zero-order valence-electron chi connectivity index (χ0n) is 14.0. The third-order valence-corrected chi connectivity index (χ3v) is 4.52. The maximum Gasteiger partial charge on any atom is 0.193 e. The quantitative estimate of drug-likeness (QED) is 0.584. The van der Waals surface area contributed by atoms with Crippen molar-refractivity contribution in [3.63, 3.8) is 0 Å². The molecule has 128 valence electrons. The largest absolute Gasteiger partial charge is 0.289 e. The van der Waals surface area contributed by atoms with Crippen LogP contribution in [0.15, 0.2) is 71.5 Å². The minimum Gasteiger partial charge on any atom is -0.289 e. The van der Waals surface area contributed by atoms with Crippen molar-refractivity contribution in [2.24, 2.45) is 0 Å².